The van der Waals surface area contributed by atoms with Crippen molar-refractivity contribution in [3.05, 3.63) is 35.6 Å². The van der Waals surface area contributed by atoms with Crippen LogP contribution in [0.4, 0.5) is 4.39 Å². The fraction of sp³-hybridized carbons (Fsp3) is 0.600. The molecule has 1 unspecified atom stereocenters. The van der Waals surface area contributed by atoms with Crippen molar-refractivity contribution in [2.24, 2.45) is 0 Å². The minimum absolute atomic E-state index is 0.181. The molecule has 0 radical (unpaired) electrons. The fourth-order valence-corrected chi connectivity index (χ4v) is 1.81. The van der Waals surface area contributed by atoms with Gasteiger partial charge in [0, 0.05) is 12.6 Å². The molecule has 0 aromatic heterocycles. The molecule has 18 heavy (non-hydrogen) atoms. The van der Waals surface area contributed by atoms with Crippen LogP contribution < -0.4 is 5.32 Å². The van der Waals surface area contributed by atoms with Gasteiger partial charge >= 0.3 is 0 Å². The number of hydrogen-bond donors (Lipinski definition) is 1. The molecule has 3 heteroatoms. The van der Waals surface area contributed by atoms with Crippen molar-refractivity contribution in [3.63, 3.8) is 0 Å². The highest BCUT2D eigenvalue weighted by Gasteiger charge is 2.09. The van der Waals surface area contributed by atoms with Crippen LogP contribution in [0.3, 0.4) is 0 Å². The highest BCUT2D eigenvalue weighted by molar-refractivity contribution is 5.17. The van der Waals surface area contributed by atoms with Crippen LogP contribution in [0.2, 0.25) is 0 Å². The molecule has 0 aliphatic rings. The van der Waals surface area contributed by atoms with Crippen LogP contribution >= 0.6 is 0 Å². The molecule has 0 heterocycles. The van der Waals surface area contributed by atoms with Gasteiger partial charge in [0.05, 0.1) is 6.61 Å². The van der Waals surface area contributed by atoms with Gasteiger partial charge in [-0.1, -0.05) is 26.0 Å². The zero-order valence-corrected chi connectivity index (χ0v) is 11.4. The van der Waals surface area contributed by atoms with Crippen molar-refractivity contribution in [2.45, 2.75) is 39.2 Å². The molecule has 0 bridgehead atoms. The maximum absolute atomic E-state index is 12.8. The Morgan fingerprint density at radius 2 is 1.89 bits per heavy atom. The molecule has 102 valence electrons. The molecular weight excluding hydrogens is 229 g/mol. The van der Waals surface area contributed by atoms with Crippen molar-refractivity contribution < 1.29 is 9.13 Å². The number of rotatable bonds is 9. The van der Waals surface area contributed by atoms with Crippen molar-refractivity contribution in [2.75, 3.05) is 19.8 Å². The van der Waals surface area contributed by atoms with Crippen LogP contribution in [0.5, 0.6) is 0 Å². The maximum atomic E-state index is 12.8. The van der Waals surface area contributed by atoms with Crippen molar-refractivity contribution in [1.82, 2.24) is 5.32 Å². The summed E-state index contributed by atoms with van der Waals surface area (Å²) in [5.41, 5.74) is 1.14. The van der Waals surface area contributed by atoms with E-state index in [9.17, 15) is 4.39 Å². The normalized spacial score (nSPS) is 12.6. The minimum atomic E-state index is -0.181. The van der Waals surface area contributed by atoms with E-state index in [1.165, 1.54) is 12.1 Å². The largest absolute Gasteiger partial charge is 0.380 e. The van der Waals surface area contributed by atoms with Crippen LogP contribution in [-0.2, 0) is 11.2 Å². The zero-order valence-electron chi connectivity index (χ0n) is 11.4. The second kappa shape index (κ2) is 9.06. The second-order valence-corrected chi connectivity index (χ2v) is 4.56. The first-order valence-electron chi connectivity index (χ1n) is 6.81. The quantitative estimate of drug-likeness (QED) is 0.683. The van der Waals surface area contributed by atoms with E-state index in [4.69, 9.17) is 4.74 Å². The molecule has 1 N–H and O–H groups in total. The van der Waals surface area contributed by atoms with Crippen LogP contribution in [0.15, 0.2) is 24.3 Å². The third-order valence-corrected chi connectivity index (χ3v) is 2.75. The summed E-state index contributed by atoms with van der Waals surface area (Å²) in [5, 5.41) is 3.47. The molecule has 2 nitrogen and oxygen atoms in total. The van der Waals surface area contributed by atoms with E-state index in [1.807, 2.05) is 12.1 Å². The predicted octanol–water partition coefficient (Wildman–Crippen LogP) is 3.16. The lowest BCUT2D eigenvalue weighted by Gasteiger charge is -2.18. The number of benzene rings is 1. The highest BCUT2D eigenvalue weighted by Crippen LogP contribution is 2.06. The van der Waals surface area contributed by atoms with Gasteiger partial charge in [0.1, 0.15) is 5.82 Å². The Balaban J connectivity index is 2.45. The summed E-state index contributed by atoms with van der Waals surface area (Å²) in [7, 11) is 0. The second-order valence-electron chi connectivity index (χ2n) is 4.56. The SMILES string of the molecule is CCCNC(COCCC)Cc1ccc(F)cc1. The lowest BCUT2D eigenvalue weighted by Crippen LogP contribution is -2.36. The molecule has 0 aliphatic carbocycles. The Bertz CT molecular complexity index is 313. The van der Waals surface area contributed by atoms with Crippen molar-refractivity contribution in [1.29, 1.82) is 0 Å². The third kappa shape index (κ3) is 6.12. The molecule has 1 atom stereocenters. The van der Waals surface area contributed by atoms with Gasteiger partial charge in [0.15, 0.2) is 0 Å². The standard InChI is InChI=1S/C15H24FNO/c1-3-9-17-15(12-18-10-4-2)11-13-5-7-14(16)8-6-13/h5-8,15,17H,3-4,9-12H2,1-2H3. The first kappa shape index (κ1) is 15.1. The van der Waals surface area contributed by atoms with E-state index in [0.29, 0.717) is 12.6 Å². The lowest BCUT2D eigenvalue weighted by molar-refractivity contribution is 0.111. The number of halogens is 1. The van der Waals surface area contributed by atoms with Crippen LogP contribution in [-0.4, -0.2) is 25.8 Å². The Hall–Kier alpha value is -0.930. The monoisotopic (exact) mass is 253 g/mol. The van der Waals surface area contributed by atoms with E-state index < -0.39 is 0 Å². The van der Waals surface area contributed by atoms with Gasteiger partial charge in [-0.3, -0.25) is 0 Å². The summed E-state index contributed by atoms with van der Waals surface area (Å²) >= 11 is 0. The highest BCUT2D eigenvalue weighted by atomic mass is 19.1. The lowest BCUT2D eigenvalue weighted by atomic mass is 10.1. The van der Waals surface area contributed by atoms with Gasteiger partial charge in [-0.15, -0.1) is 0 Å². The van der Waals surface area contributed by atoms with Crippen molar-refractivity contribution >= 4 is 0 Å². The molecule has 0 saturated carbocycles. The molecule has 0 aliphatic heterocycles. The molecule has 0 saturated heterocycles. The minimum Gasteiger partial charge on any atom is -0.380 e. The van der Waals surface area contributed by atoms with Gasteiger partial charge in [-0.25, -0.2) is 4.39 Å². The smallest absolute Gasteiger partial charge is 0.123 e. The van der Waals surface area contributed by atoms with Gasteiger partial charge in [-0.2, -0.15) is 0 Å². The summed E-state index contributed by atoms with van der Waals surface area (Å²) in [6, 6.07) is 7.02. The van der Waals surface area contributed by atoms with Crippen molar-refractivity contribution in [3.8, 4) is 0 Å². The van der Waals surface area contributed by atoms with E-state index in [2.05, 4.69) is 19.2 Å². The summed E-state index contributed by atoms with van der Waals surface area (Å²) in [5.74, 6) is -0.181. The molecular formula is C15H24FNO. The topological polar surface area (TPSA) is 21.3 Å². The average Bonchev–Trinajstić information content (AvgIpc) is 2.38. The fourth-order valence-electron chi connectivity index (χ4n) is 1.81. The Morgan fingerprint density at radius 3 is 2.50 bits per heavy atom. The predicted molar refractivity (Wildman–Crippen MR) is 73.3 cm³/mol. The molecule has 0 spiro atoms. The Labute approximate surface area is 110 Å². The molecule has 0 fully saturated rings. The number of ether oxygens (including phenoxy) is 1. The third-order valence-electron chi connectivity index (χ3n) is 2.75. The summed E-state index contributed by atoms with van der Waals surface area (Å²) < 4.78 is 18.4. The summed E-state index contributed by atoms with van der Waals surface area (Å²) in [6.45, 7) is 6.75. The van der Waals surface area contributed by atoms with E-state index in [1.54, 1.807) is 0 Å². The van der Waals surface area contributed by atoms with Crippen LogP contribution in [0.1, 0.15) is 32.3 Å². The van der Waals surface area contributed by atoms with Gasteiger partial charge in [-0.05, 0) is 43.5 Å². The van der Waals surface area contributed by atoms with Crippen LogP contribution in [0, 0.1) is 5.82 Å². The first-order chi connectivity index (χ1) is 8.76. The first-order valence-corrected chi connectivity index (χ1v) is 6.81. The molecule has 1 aromatic rings. The van der Waals surface area contributed by atoms with Crippen LogP contribution in [0.25, 0.3) is 0 Å². The Morgan fingerprint density at radius 1 is 1.17 bits per heavy atom. The van der Waals surface area contributed by atoms with Gasteiger partial charge in [0.2, 0.25) is 0 Å². The van der Waals surface area contributed by atoms with E-state index in [-0.39, 0.29) is 5.82 Å². The molecule has 1 rings (SSSR count). The summed E-state index contributed by atoms with van der Waals surface area (Å²) in [4.78, 5) is 0. The van der Waals surface area contributed by atoms with E-state index in [0.717, 1.165) is 38.0 Å². The van der Waals surface area contributed by atoms with Gasteiger partial charge in [0.25, 0.3) is 0 Å². The molecule has 1 aromatic carbocycles. The average molecular weight is 253 g/mol. The number of nitrogens with one attached hydrogen (secondary N) is 1. The molecule has 0 amide bonds. The Kier molecular flexibility index (Phi) is 7.62. The zero-order chi connectivity index (χ0) is 13.2. The van der Waals surface area contributed by atoms with E-state index >= 15 is 0 Å². The maximum Gasteiger partial charge on any atom is 0.123 e. The summed E-state index contributed by atoms with van der Waals surface area (Å²) in [6.07, 6.45) is 3.02. The van der Waals surface area contributed by atoms with Gasteiger partial charge < -0.3 is 10.1 Å². The number of hydrogen-bond acceptors (Lipinski definition) is 2.